The van der Waals surface area contributed by atoms with Crippen LogP contribution < -0.4 is 0 Å². The molecule has 0 unspecified atom stereocenters. The fraction of sp³-hybridized carbons (Fsp3) is 0.714. The highest BCUT2D eigenvalue weighted by atomic mass is 14.5. The molecule has 2 nitrogen and oxygen atoms in total. The van der Waals surface area contributed by atoms with Gasteiger partial charge in [-0.1, -0.05) is 13.8 Å². The third kappa shape index (κ3) is 3.88. The van der Waals surface area contributed by atoms with Crippen LogP contribution >= 0.6 is 0 Å². The second-order valence-corrected chi connectivity index (χ2v) is 2.09. The summed E-state index contributed by atoms with van der Waals surface area (Å²) in [6.45, 7) is 3.90. The van der Waals surface area contributed by atoms with Crippen LogP contribution in [0.1, 0.15) is 33.1 Å². The molecule has 0 aromatic carbocycles. The van der Waals surface area contributed by atoms with Gasteiger partial charge >= 0.3 is 0 Å². The van der Waals surface area contributed by atoms with Gasteiger partial charge in [-0.05, 0) is 12.8 Å². The Morgan fingerprint density at radius 2 is 1.33 bits per heavy atom. The Hall–Kier alpha value is -0.660. The summed E-state index contributed by atoms with van der Waals surface area (Å²) in [7, 11) is 0. The molecule has 9 heavy (non-hydrogen) atoms. The van der Waals surface area contributed by atoms with Crippen molar-refractivity contribution >= 4 is 11.4 Å². The Morgan fingerprint density at radius 3 is 1.56 bits per heavy atom. The number of hydrogen-bond acceptors (Lipinski definition) is 2. The average Bonchev–Trinajstić information content (AvgIpc) is 1.87. The van der Waals surface area contributed by atoms with E-state index >= 15 is 0 Å². The Balaban J connectivity index is 3.47. The fourth-order valence-electron chi connectivity index (χ4n) is 0.508. The third-order valence-electron chi connectivity index (χ3n) is 1.28. The minimum absolute atomic E-state index is 0.576. The lowest BCUT2D eigenvalue weighted by Crippen LogP contribution is -2.02. The van der Waals surface area contributed by atoms with Crippen molar-refractivity contribution in [2.24, 2.45) is 0 Å². The second kappa shape index (κ2) is 4.24. The van der Waals surface area contributed by atoms with E-state index in [0.29, 0.717) is 17.8 Å². The molecule has 0 aromatic heterocycles. The maximum atomic E-state index is 7.23. The van der Waals surface area contributed by atoms with Crippen LogP contribution in [0.3, 0.4) is 0 Å². The van der Waals surface area contributed by atoms with Crippen molar-refractivity contribution in [1.82, 2.24) is 0 Å². The molecule has 0 saturated heterocycles. The van der Waals surface area contributed by atoms with Gasteiger partial charge in [-0.25, -0.2) is 0 Å². The van der Waals surface area contributed by atoms with Gasteiger partial charge in [0.15, 0.2) is 0 Å². The van der Waals surface area contributed by atoms with Crippen molar-refractivity contribution in [2.45, 2.75) is 33.1 Å². The topological polar surface area (TPSA) is 47.7 Å². The highest BCUT2D eigenvalue weighted by molar-refractivity contribution is 6.01. The zero-order valence-corrected chi connectivity index (χ0v) is 6.12. The van der Waals surface area contributed by atoms with Crippen LogP contribution in [0.15, 0.2) is 0 Å². The lowest BCUT2D eigenvalue weighted by Gasteiger charge is -1.98. The zero-order valence-electron chi connectivity index (χ0n) is 6.12. The predicted octanol–water partition coefficient (Wildman–Crippen LogP) is 2.24. The SMILES string of the molecule is CCC(=N)CC(=N)CC. The van der Waals surface area contributed by atoms with E-state index in [1.165, 1.54) is 0 Å². The third-order valence-corrected chi connectivity index (χ3v) is 1.28. The minimum atomic E-state index is 0.576. The van der Waals surface area contributed by atoms with Gasteiger partial charge in [0, 0.05) is 17.8 Å². The summed E-state index contributed by atoms with van der Waals surface area (Å²) in [5.41, 5.74) is 1.34. The van der Waals surface area contributed by atoms with E-state index in [0.717, 1.165) is 12.8 Å². The van der Waals surface area contributed by atoms with Crippen LogP contribution in [0.4, 0.5) is 0 Å². The highest BCUT2D eigenvalue weighted by Crippen LogP contribution is 1.93. The molecule has 0 amide bonds. The van der Waals surface area contributed by atoms with Crippen molar-refractivity contribution in [2.75, 3.05) is 0 Å². The summed E-state index contributed by atoms with van der Waals surface area (Å²) in [5.74, 6) is 0. The van der Waals surface area contributed by atoms with Crippen molar-refractivity contribution in [3.63, 3.8) is 0 Å². The van der Waals surface area contributed by atoms with E-state index in [-0.39, 0.29) is 0 Å². The molecule has 0 spiro atoms. The fourth-order valence-corrected chi connectivity index (χ4v) is 0.508. The zero-order chi connectivity index (χ0) is 7.28. The molecule has 52 valence electrons. The van der Waals surface area contributed by atoms with Gasteiger partial charge in [-0.15, -0.1) is 0 Å². The Kier molecular flexibility index (Phi) is 3.93. The standard InChI is InChI=1S/C7H14N2/c1-3-6(8)5-7(9)4-2/h8-9H,3-5H2,1-2H3. The van der Waals surface area contributed by atoms with Gasteiger partial charge in [-0.3, -0.25) is 0 Å². The van der Waals surface area contributed by atoms with Crippen molar-refractivity contribution in [3.05, 3.63) is 0 Å². The van der Waals surface area contributed by atoms with E-state index in [9.17, 15) is 0 Å². The van der Waals surface area contributed by atoms with Crippen LogP contribution in [0.2, 0.25) is 0 Å². The van der Waals surface area contributed by atoms with Crippen LogP contribution in [-0.4, -0.2) is 11.4 Å². The van der Waals surface area contributed by atoms with Gasteiger partial charge in [-0.2, -0.15) is 0 Å². The molecule has 0 saturated carbocycles. The summed E-state index contributed by atoms with van der Waals surface area (Å²) in [6, 6.07) is 0. The lowest BCUT2D eigenvalue weighted by atomic mass is 10.1. The van der Waals surface area contributed by atoms with Gasteiger partial charge in [0.2, 0.25) is 0 Å². The first kappa shape index (κ1) is 8.34. The highest BCUT2D eigenvalue weighted by Gasteiger charge is 1.96. The largest absolute Gasteiger partial charge is 0.309 e. The van der Waals surface area contributed by atoms with E-state index < -0.39 is 0 Å². The Morgan fingerprint density at radius 1 is 1.00 bits per heavy atom. The molecule has 0 radical (unpaired) electrons. The minimum Gasteiger partial charge on any atom is -0.309 e. The molecule has 2 heteroatoms. The molecule has 0 aromatic rings. The van der Waals surface area contributed by atoms with Gasteiger partial charge < -0.3 is 10.8 Å². The molecule has 0 rings (SSSR count). The van der Waals surface area contributed by atoms with Gasteiger partial charge in [0.25, 0.3) is 0 Å². The van der Waals surface area contributed by atoms with Crippen LogP contribution in [-0.2, 0) is 0 Å². The maximum absolute atomic E-state index is 7.23. The van der Waals surface area contributed by atoms with Crippen LogP contribution in [0.25, 0.3) is 0 Å². The Labute approximate surface area is 56.3 Å². The molecule has 0 aliphatic carbocycles. The van der Waals surface area contributed by atoms with Crippen molar-refractivity contribution in [3.8, 4) is 0 Å². The van der Waals surface area contributed by atoms with Crippen molar-refractivity contribution < 1.29 is 0 Å². The van der Waals surface area contributed by atoms with Gasteiger partial charge in [0.1, 0.15) is 0 Å². The molecule has 0 aliphatic rings. The first-order valence-electron chi connectivity index (χ1n) is 3.33. The van der Waals surface area contributed by atoms with E-state index in [1.807, 2.05) is 13.8 Å². The summed E-state index contributed by atoms with van der Waals surface area (Å²) in [5, 5.41) is 14.5. The summed E-state index contributed by atoms with van der Waals surface area (Å²) < 4.78 is 0. The first-order valence-corrected chi connectivity index (χ1v) is 3.33. The van der Waals surface area contributed by atoms with Crippen LogP contribution in [0.5, 0.6) is 0 Å². The number of hydrogen-bond donors (Lipinski definition) is 2. The second-order valence-electron chi connectivity index (χ2n) is 2.09. The molecule has 0 atom stereocenters. The molecular weight excluding hydrogens is 112 g/mol. The molecule has 0 fully saturated rings. The van der Waals surface area contributed by atoms with Crippen LogP contribution in [0, 0.1) is 10.8 Å². The Bertz CT molecular complexity index is 102. The summed E-state index contributed by atoms with van der Waals surface area (Å²) in [6.07, 6.45) is 2.14. The summed E-state index contributed by atoms with van der Waals surface area (Å²) >= 11 is 0. The van der Waals surface area contributed by atoms with Crippen molar-refractivity contribution in [1.29, 1.82) is 10.8 Å². The van der Waals surface area contributed by atoms with Gasteiger partial charge in [0.05, 0.1) is 0 Å². The number of nitrogens with one attached hydrogen (secondary N) is 2. The monoisotopic (exact) mass is 126 g/mol. The predicted molar refractivity (Wildman–Crippen MR) is 40.7 cm³/mol. The smallest absolute Gasteiger partial charge is 0.0229 e. The van der Waals surface area contributed by atoms with E-state index in [1.54, 1.807) is 0 Å². The molecule has 2 N–H and O–H groups in total. The average molecular weight is 126 g/mol. The quantitative estimate of drug-likeness (QED) is 0.543. The molecule has 0 aliphatic heterocycles. The lowest BCUT2D eigenvalue weighted by molar-refractivity contribution is 1.14. The maximum Gasteiger partial charge on any atom is 0.0229 e. The molecular formula is C7H14N2. The van der Waals surface area contributed by atoms with E-state index in [2.05, 4.69) is 0 Å². The number of rotatable bonds is 4. The molecule has 0 heterocycles. The molecule has 0 bridgehead atoms. The summed E-state index contributed by atoms with van der Waals surface area (Å²) in [4.78, 5) is 0. The van der Waals surface area contributed by atoms with E-state index in [4.69, 9.17) is 10.8 Å². The first-order chi connectivity index (χ1) is 4.20. The normalized spacial score (nSPS) is 9.11.